The molecule has 1 unspecified atom stereocenters. The summed E-state index contributed by atoms with van der Waals surface area (Å²) in [7, 11) is 0. The lowest BCUT2D eigenvalue weighted by atomic mass is 10.0. The molecule has 0 amide bonds. The van der Waals surface area contributed by atoms with Crippen molar-refractivity contribution in [1.29, 1.82) is 0 Å². The van der Waals surface area contributed by atoms with Crippen LogP contribution in [0.2, 0.25) is 0 Å². The smallest absolute Gasteiger partial charge is 0.379 e. The second kappa shape index (κ2) is 10.7. The van der Waals surface area contributed by atoms with Crippen LogP contribution in [0.3, 0.4) is 0 Å². The summed E-state index contributed by atoms with van der Waals surface area (Å²) >= 11 is 0. The number of nitrogens with zero attached hydrogens (tertiary/aromatic N) is 5. The van der Waals surface area contributed by atoms with Crippen molar-refractivity contribution in [3.05, 3.63) is 11.9 Å². The van der Waals surface area contributed by atoms with Crippen molar-refractivity contribution in [1.82, 2.24) is 19.8 Å². The zero-order chi connectivity index (χ0) is 24.2. The molecule has 188 valence electrons. The minimum atomic E-state index is -4.61. The van der Waals surface area contributed by atoms with Crippen LogP contribution in [0.15, 0.2) is 6.07 Å². The number of piperazine rings is 1. The molecule has 33 heavy (non-hydrogen) atoms. The third-order valence-electron chi connectivity index (χ3n) is 6.81. The topological polar surface area (TPSA) is 56.8 Å². The van der Waals surface area contributed by atoms with Gasteiger partial charge < -0.3 is 15.0 Å². The zero-order valence-electron chi connectivity index (χ0n) is 20.6. The van der Waals surface area contributed by atoms with Gasteiger partial charge in [-0.05, 0) is 40.0 Å². The van der Waals surface area contributed by atoms with Gasteiger partial charge in [0.05, 0.1) is 13.2 Å². The van der Waals surface area contributed by atoms with E-state index in [4.69, 9.17) is 4.74 Å². The Kier molecular flexibility index (Phi) is 8.45. The van der Waals surface area contributed by atoms with Crippen LogP contribution < -0.4 is 10.2 Å². The zero-order valence-corrected chi connectivity index (χ0v) is 20.6. The highest BCUT2D eigenvalue weighted by Gasteiger charge is 2.37. The van der Waals surface area contributed by atoms with Crippen molar-refractivity contribution in [2.45, 2.75) is 58.8 Å². The average Bonchev–Trinajstić information content (AvgIpc) is 3.03. The highest BCUT2D eigenvalue weighted by molar-refractivity contribution is 5.50. The maximum Gasteiger partial charge on any atom is 0.451 e. The summed E-state index contributed by atoms with van der Waals surface area (Å²) in [6, 6.07) is 2.16. The van der Waals surface area contributed by atoms with Crippen LogP contribution in [0.5, 0.6) is 0 Å². The van der Waals surface area contributed by atoms with Gasteiger partial charge in [-0.15, -0.1) is 0 Å². The van der Waals surface area contributed by atoms with Gasteiger partial charge >= 0.3 is 6.18 Å². The van der Waals surface area contributed by atoms with Crippen molar-refractivity contribution in [3.8, 4) is 0 Å². The van der Waals surface area contributed by atoms with Gasteiger partial charge in [-0.3, -0.25) is 9.80 Å². The Balaban J connectivity index is 1.74. The predicted molar refractivity (Wildman–Crippen MR) is 125 cm³/mol. The molecule has 0 radical (unpaired) electrons. The number of halogens is 3. The number of aromatic nitrogens is 2. The number of rotatable bonds is 7. The average molecular weight is 473 g/mol. The van der Waals surface area contributed by atoms with Gasteiger partial charge in [0.25, 0.3) is 0 Å². The number of hydrogen-bond acceptors (Lipinski definition) is 7. The Bertz CT molecular complexity index is 765. The maximum atomic E-state index is 13.6. The number of hydrogen-bond donors (Lipinski definition) is 1. The van der Waals surface area contributed by atoms with Gasteiger partial charge in [0, 0.05) is 63.5 Å². The maximum absolute atomic E-state index is 13.6. The fourth-order valence-electron chi connectivity index (χ4n) is 4.41. The largest absolute Gasteiger partial charge is 0.451 e. The van der Waals surface area contributed by atoms with E-state index in [0.717, 1.165) is 32.6 Å². The Morgan fingerprint density at radius 2 is 1.82 bits per heavy atom. The molecule has 0 aliphatic carbocycles. The molecule has 3 rings (SSSR count). The molecule has 1 atom stereocenters. The van der Waals surface area contributed by atoms with E-state index in [-0.39, 0.29) is 17.3 Å². The van der Waals surface area contributed by atoms with Crippen molar-refractivity contribution in [3.63, 3.8) is 0 Å². The lowest BCUT2D eigenvalue weighted by Crippen LogP contribution is -2.58. The molecule has 3 heterocycles. The Labute approximate surface area is 195 Å². The number of nitrogens with one attached hydrogen (secondary N) is 1. The molecule has 10 heteroatoms. The van der Waals surface area contributed by atoms with E-state index in [9.17, 15) is 13.2 Å². The molecular weight excluding hydrogens is 433 g/mol. The quantitative estimate of drug-likeness (QED) is 0.651. The van der Waals surface area contributed by atoms with E-state index in [1.165, 1.54) is 0 Å². The number of anilines is 2. The van der Waals surface area contributed by atoms with Gasteiger partial charge in [0.1, 0.15) is 11.6 Å². The van der Waals surface area contributed by atoms with E-state index in [2.05, 4.69) is 59.7 Å². The number of ether oxygens (including phenoxy) is 1. The predicted octanol–water partition coefficient (Wildman–Crippen LogP) is 3.57. The third kappa shape index (κ3) is 6.93. The molecule has 2 fully saturated rings. The van der Waals surface area contributed by atoms with Gasteiger partial charge in [0.15, 0.2) is 0 Å². The fraction of sp³-hybridized carbons (Fsp3) is 0.826. The lowest BCUT2D eigenvalue weighted by Gasteiger charge is -2.45. The summed E-state index contributed by atoms with van der Waals surface area (Å²) in [4.78, 5) is 14.4. The molecule has 7 nitrogen and oxygen atoms in total. The molecule has 0 aromatic carbocycles. The van der Waals surface area contributed by atoms with Crippen LogP contribution in [-0.2, 0) is 10.9 Å². The minimum absolute atomic E-state index is 0.208. The molecule has 2 saturated heterocycles. The van der Waals surface area contributed by atoms with E-state index in [0.29, 0.717) is 44.7 Å². The molecule has 0 spiro atoms. The minimum Gasteiger partial charge on any atom is -0.379 e. The van der Waals surface area contributed by atoms with E-state index < -0.39 is 12.0 Å². The van der Waals surface area contributed by atoms with Crippen LogP contribution in [0.4, 0.5) is 24.8 Å². The lowest BCUT2D eigenvalue weighted by molar-refractivity contribution is -0.144. The monoisotopic (exact) mass is 472 g/mol. The summed E-state index contributed by atoms with van der Waals surface area (Å²) in [5, 5.41) is 3.18. The molecule has 1 aromatic heterocycles. The van der Waals surface area contributed by atoms with Crippen molar-refractivity contribution < 1.29 is 17.9 Å². The first kappa shape index (κ1) is 26.0. The summed E-state index contributed by atoms with van der Waals surface area (Å²) in [6.45, 7) is 17.3. The van der Waals surface area contributed by atoms with E-state index in [1.54, 1.807) is 6.07 Å². The Morgan fingerprint density at radius 3 is 2.42 bits per heavy atom. The first-order chi connectivity index (χ1) is 15.5. The summed E-state index contributed by atoms with van der Waals surface area (Å²) in [5.41, 5.74) is -0.226. The summed E-state index contributed by atoms with van der Waals surface area (Å²) < 4.78 is 46.4. The van der Waals surface area contributed by atoms with E-state index in [1.807, 2.05) is 4.90 Å². The van der Waals surface area contributed by atoms with Crippen molar-refractivity contribution in [2.24, 2.45) is 5.92 Å². The third-order valence-corrected chi connectivity index (χ3v) is 6.81. The summed E-state index contributed by atoms with van der Waals surface area (Å²) in [5.74, 6) is -0.340. The molecule has 0 saturated carbocycles. The van der Waals surface area contributed by atoms with Crippen LogP contribution in [0, 0.1) is 5.92 Å². The molecule has 0 bridgehead atoms. The molecule has 2 aliphatic rings. The molecule has 1 N–H and O–H groups in total. The molecule has 2 aliphatic heterocycles. The highest BCUT2D eigenvalue weighted by atomic mass is 19.4. The summed E-state index contributed by atoms with van der Waals surface area (Å²) in [6.07, 6.45) is -3.71. The number of alkyl halides is 3. The van der Waals surface area contributed by atoms with Crippen LogP contribution in [-0.4, -0.2) is 90.4 Å². The first-order valence-corrected chi connectivity index (χ1v) is 12.0. The standard InChI is InChI=1S/C23H39F3N6O/c1-6-18-14-31(11-12-33-15-18)20-13-19(28-21(29-20)23(24,25)26)27-16-22(4,5)32-9-7-30(8-10-32)17(2)3/h13,17-18H,6-12,14-16H2,1-5H3,(H,27,28,29). The second-order valence-corrected chi connectivity index (χ2v) is 10.0. The molecular formula is C23H39F3N6O. The molecule has 1 aromatic rings. The Morgan fingerprint density at radius 1 is 1.12 bits per heavy atom. The highest BCUT2D eigenvalue weighted by Crippen LogP contribution is 2.30. The van der Waals surface area contributed by atoms with Gasteiger partial charge in [0.2, 0.25) is 5.82 Å². The SMILES string of the molecule is CCC1COCCN(c2cc(NCC(C)(C)N3CCN(C(C)C)CC3)nc(C(F)(F)F)n2)C1. The van der Waals surface area contributed by atoms with Crippen molar-refractivity contribution >= 4 is 11.6 Å². The van der Waals surface area contributed by atoms with Gasteiger partial charge in [-0.2, -0.15) is 13.2 Å². The Hall–Kier alpha value is -1.65. The van der Waals surface area contributed by atoms with Crippen LogP contribution in [0.25, 0.3) is 0 Å². The fourth-order valence-corrected chi connectivity index (χ4v) is 4.41. The van der Waals surface area contributed by atoms with E-state index >= 15 is 0 Å². The second-order valence-electron chi connectivity index (χ2n) is 10.0. The van der Waals surface area contributed by atoms with Gasteiger partial charge in [-0.25, -0.2) is 9.97 Å². The normalized spacial score (nSPS) is 22.0. The van der Waals surface area contributed by atoms with Crippen LogP contribution >= 0.6 is 0 Å². The van der Waals surface area contributed by atoms with Crippen molar-refractivity contribution in [2.75, 3.05) is 69.2 Å². The first-order valence-electron chi connectivity index (χ1n) is 12.0. The van der Waals surface area contributed by atoms with Crippen LogP contribution in [0.1, 0.15) is 46.9 Å². The van der Waals surface area contributed by atoms with Gasteiger partial charge in [-0.1, -0.05) is 6.92 Å².